The molecular weight excluding hydrogens is 285 g/mol. The lowest BCUT2D eigenvalue weighted by Gasteiger charge is -2.13. The van der Waals surface area contributed by atoms with E-state index in [4.69, 9.17) is 5.11 Å². The molecule has 20 heavy (non-hydrogen) atoms. The van der Waals surface area contributed by atoms with Crippen molar-refractivity contribution in [1.29, 1.82) is 0 Å². The summed E-state index contributed by atoms with van der Waals surface area (Å²) >= 11 is 1.14. The Hall–Kier alpha value is -1.63. The number of thioether (sulfide) groups is 1. The zero-order valence-electron chi connectivity index (χ0n) is 10.9. The molecule has 1 N–H and O–H groups in total. The molecule has 108 valence electrons. The molecule has 0 atom stereocenters. The van der Waals surface area contributed by atoms with Gasteiger partial charge in [-0.25, -0.2) is 14.2 Å². The lowest BCUT2D eigenvalue weighted by molar-refractivity contribution is -0.141. The molecule has 0 spiro atoms. The molecular formula is C13H14FNO4S. The summed E-state index contributed by atoms with van der Waals surface area (Å²) in [5.41, 5.74) is -0.550. The number of halogens is 1. The van der Waals surface area contributed by atoms with Crippen molar-refractivity contribution in [3.8, 4) is 0 Å². The van der Waals surface area contributed by atoms with Crippen molar-refractivity contribution in [3.63, 3.8) is 0 Å². The van der Waals surface area contributed by atoms with Crippen LogP contribution in [0.2, 0.25) is 0 Å². The number of aromatic carboxylic acids is 1. The number of methoxy groups -OCH3 is 1. The number of nitrogens with zero attached hydrogens (tertiary/aromatic N) is 1. The summed E-state index contributed by atoms with van der Waals surface area (Å²) in [7, 11) is 1.34. The summed E-state index contributed by atoms with van der Waals surface area (Å²) in [5, 5.41) is 8.90. The normalized spacial score (nSPS) is 15.7. The number of carboxylic acids is 1. The zero-order valence-corrected chi connectivity index (χ0v) is 11.7. The van der Waals surface area contributed by atoms with Crippen LogP contribution in [-0.2, 0) is 9.53 Å². The van der Waals surface area contributed by atoms with Gasteiger partial charge in [0.15, 0.2) is 5.82 Å². The predicted octanol–water partition coefficient (Wildman–Crippen LogP) is 2.35. The number of esters is 1. The van der Waals surface area contributed by atoms with Gasteiger partial charge < -0.3 is 9.84 Å². The number of aromatic nitrogens is 1. The third kappa shape index (κ3) is 3.27. The van der Waals surface area contributed by atoms with Gasteiger partial charge in [0.25, 0.3) is 0 Å². The van der Waals surface area contributed by atoms with E-state index in [-0.39, 0.29) is 22.0 Å². The van der Waals surface area contributed by atoms with Crippen LogP contribution in [0.3, 0.4) is 0 Å². The van der Waals surface area contributed by atoms with Crippen LogP contribution < -0.4 is 0 Å². The highest BCUT2D eigenvalue weighted by Gasteiger charge is 2.44. The average molecular weight is 299 g/mol. The number of carboxylic acid groups (broad SMARTS) is 1. The van der Waals surface area contributed by atoms with Crippen molar-refractivity contribution in [2.45, 2.75) is 24.3 Å². The van der Waals surface area contributed by atoms with E-state index >= 15 is 0 Å². The van der Waals surface area contributed by atoms with Crippen LogP contribution in [0.1, 0.15) is 29.6 Å². The number of ether oxygens (including phenoxy) is 1. The molecule has 0 amide bonds. The maximum atomic E-state index is 13.9. The lowest BCUT2D eigenvalue weighted by Crippen LogP contribution is -2.13. The summed E-state index contributed by atoms with van der Waals surface area (Å²) in [5.74, 6) is -1.90. The summed E-state index contributed by atoms with van der Waals surface area (Å²) in [4.78, 5) is 26.0. The van der Waals surface area contributed by atoms with Crippen molar-refractivity contribution in [3.05, 3.63) is 23.6 Å². The van der Waals surface area contributed by atoms with Crippen LogP contribution in [0.15, 0.2) is 17.3 Å². The molecule has 1 saturated carbocycles. The van der Waals surface area contributed by atoms with Crippen LogP contribution in [0, 0.1) is 11.2 Å². The zero-order chi connectivity index (χ0) is 14.8. The van der Waals surface area contributed by atoms with Crippen LogP contribution >= 0.6 is 11.8 Å². The maximum absolute atomic E-state index is 13.9. The molecule has 0 aliphatic heterocycles. The largest absolute Gasteiger partial charge is 0.478 e. The molecule has 1 aliphatic rings. The summed E-state index contributed by atoms with van der Waals surface area (Å²) < 4.78 is 18.5. The molecule has 0 unspecified atom stereocenters. The predicted molar refractivity (Wildman–Crippen MR) is 70.2 cm³/mol. The first kappa shape index (κ1) is 14.8. The molecule has 5 nitrogen and oxygen atoms in total. The van der Waals surface area contributed by atoms with E-state index in [1.54, 1.807) is 0 Å². The maximum Gasteiger partial charge on any atom is 0.338 e. The Balaban J connectivity index is 2.03. The van der Waals surface area contributed by atoms with Crippen molar-refractivity contribution < 1.29 is 23.8 Å². The molecule has 1 fully saturated rings. The molecule has 0 bridgehead atoms. The Bertz CT molecular complexity index is 545. The van der Waals surface area contributed by atoms with Gasteiger partial charge in [-0.3, -0.25) is 4.79 Å². The minimum atomic E-state index is -1.32. The summed E-state index contributed by atoms with van der Waals surface area (Å²) in [6, 6.07) is 1.13. The Labute approximate surface area is 119 Å². The van der Waals surface area contributed by atoms with Crippen LogP contribution in [0.4, 0.5) is 4.39 Å². The molecule has 0 aromatic carbocycles. The molecule has 1 aromatic heterocycles. The van der Waals surface area contributed by atoms with E-state index in [1.807, 2.05) is 0 Å². The van der Waals surface area contributed by atoms with Gasteiger partial charge in [0.2, 0.25) is 0 Å². The summed E-state index contributed by atoms with van der Waals surface area (Å²) in [6.45, 7) is 0. The molecule has 7 heteroatoms. The lowest BCUT2D eigenvalue weighted by atomic mass is 10.1. The quantitative estimate of drug-likeness (QED) is 0.642. The second-order valence-electron chi connectivity index (χ2n) is 4.82. The van der Waals surface area contributed by atoms with Gasteiger partial charge in [0, 0.05) is 11.9 Å². The van der Waals surface area contributed by atoms with Gasteiger partial charge in [0.1, 0.15) is 5.03 Å². The number of rotatable bonds is 6. The van der Waals surface area contributed by atoms with Gasteiger partial charge in [0.05, 0.1) is 19.1 Å². The fourth-order valence-electron chi connectivity index (χ4n) is 1.84. The number of hydrogen-bond acceptors (Lipinski definition) is 5. The van der Waals surface area contributed by atoms with Crippen LogP contribution in [-0.4, -0.2) is 34.9 Å². The Morgan fingerprint density at radius 2 is 2.25 bits per heavy atom. The highest BCUT2D eigenvalue weighted by Crippen LogP contribution is 2.52. The minimum absolute atomic E-state index is 0.0565. The van der Waals surface area contributed by atoms with Crippen molar-refractivity contribution >= 4 is 23.7 Å². The fraction of sp³-hybridized carbons (Fsp3) is 0.462. The molecule has 1 aliphatic carbocycles. The van der Waals surface area contributed by atoms with E-state index < -0.39 is 11.8 Å². The van der Waals surface area contributed by atoms with Gasteiger partial charge in [-0.05, 0) is 24.3 Å². The monoisotopic (exact) mass is 299 g/mol. The van der Waals surface area contributed by atoms with Crippen molar-refractivity contribution in [2.24, 2.45) is 5.41 Å². The second kappa shape index (κ2) is 5.78. The van der Waals surface area contributed by atoms with E-state index in [2.05, 4.69) is 9.72 Å². The number of hydrogen-bond donors (Lipinski definition) is 1. The molecule has 0 radical (unpaired) electrons. The first-order valence-corrected chi connectivity index (χ1v) is 7.03. The van der Waals surface area contributed by atoms with Gasteiger partial charge in [-0.1, -0.05) is 0 Å². The SMILES string of the molecule is COC(=O)CC1(CSc2nccc(C(=O)O)c2F)CC1. The topological polar surface area (TPSA) is 76.5 Å². The Morgan fingerprint density at radius 1 is 1.55 bits per heavy atom. The number of carbonyl (C=O) groups is 2. The highest BCUT2D eigenvalue weighted by atomic mass is 32.2. The smallest absolute Gasteiger partial charge is 0.338 e. The van der Waals surface area contributed by atoms with Gasteiger partial charge in [-0.15, -0.1) is 11.8 Å². The van der Waals surface area contributed by atoms with E-state index in [9.17, 15) is 14.0 Å². The van der Waals surface area contributed by atoms with Crippen molar-refractivity contribution in [2.75, 3.05) is 12.9 Å². The Morgan fingerprint density at radius 3 is 2.80 bits per heavy atom. The third-order valence-electron chi connectivity index (χ3n) is 3.31. The second-order valence-corrected chi connectivity index (χ2v) is 5.79. The minimum Gasteiger partial charge on any atom is -0.478 e. The van der Waals surface area contributed by atoms with E-state index in [0.717, 1.165) is 30.7 Å². The first-order chi connectivity index (χ1) is 9.47. The fourth-order valence-corrected chi connectivity index (χ4v) is 3.04. The number of carbonyl (C=O) groups excluding carboxylic acids is 1. The molecule has 0 saturated heterocycles. The van der Waals surface area contributed by atoms with Gasteiger partial charge >= 0.3 is 11.9 Å². The average Bonchev–Trinajstić information content (AvgIpc) is 3.17. The molecule has 2 rings (SSSR count). The van der Waals surface area contributed by atoms with Crippen LogP contribution in [0.25, 0.3) is 0 Å². The van der Waals surface area contributed by atoms with Crippen molar-refractivity contribution in [1.82, 2.24) is 4.98 Å². The van der Waals surface area contributed by atoms with E-state index in [1.165, 1.54) is 13.3 Å². The van der Waals surface area contributed by atoms with Gasteiger partial charge in [-0.2, -0.15) is 0 Å². The van der Waals surface area contributed by atoms with Crippen LogP contribution in [0.5, 0.6) is 0 Å². The molecule has 1 heterocycles. The first-order valence-electron chi connectivity index (χ1n) is 6.05. The standard InChI is InChI=1S/C13H14FNO4S/c1-19-9(16)6-13(3-4-13)7-20-11-10(14)8(12(17)18)2-5-15-11/h2,5H,3-4,6-7H2,1H3,(H,17,18). The summed E-state index contributed by atoms with van der Waals surface area (Å²) in [6.07, 6.45) is 3.34. The van der Waals surface area contributed by atoms with E-state index in [0.29, 0.717) is 12.2 Å². The number of pyridine rings is 1. The molecule has 1 aromatic rings. The third-order valence-corrected chi connectivity index (χ3v) is 4.62. The highest BCUT2D eigenvalue weighted by molar-refractivity contribution is 7.99. The Kier molecular flexibility index (Phi) is 4.27.